The quantitative estimate of drug-likeness (QED) is 0.679. The Kier molecular flexibility index (Phi) is 3.72. The lowest BCUT2D eigenvalue weighted by Gasteiger charge is -2.63. The number of nitrogens with zero attached hydrogens (tertiary/aromatic N) is 5. The van der Waals surface area contributed by atoms with Gasteiger partial charge in [0.15, 0.2) is 5.82 Å². The van der Waals surface area contributed by atoms with E-state index in [1.54, 1.807) is 0 Å². The second-order valence-corrected chi connectivity index (χ2v) is 13.6. The van der Waals surface area contributed by atoms with Gasteiger partial charge in [-0.25, -0.2) is 9.78 Å². The number of carbonyl (C=O) groups excluding carboxylic acids is 1. The molecule has 0 radical (unpaired) electrons. The Hall–Kier alpha value is -1.72. The Labute approximate surface area is 188 Å². The number of aromatic nitrogens is 3. The molecular weight excluding hydrogens is 430 g/mol. The van der Waals surface area contributed by atoms with Crippen LogP contribution >= 0.6 is 0 Å². The van der Waals surface area contributed by atoms with Crippen LogP contribution < -0.4 is 4.72 Å². The molecule has 3 aliphatic carbocycles. The molecule has 1 aromatic rings. The summed E-state index contributed by atoms with van der Waals surface area (Å²) in [6.45, 7) is 5.99. The first-order valence-electron chi connectivity index (χ1n) is 11.9. The number of carbonyl (C=O) groups is 1. The first kappa shape index (κ1) is 19.7. The fourth-order valence-corrected chi connectivity index (χ4v) is 8.01. The van der Waals surface area contributed by atoms with Crippen molar-refractivity contribution in [1.29, 1.82) is 0 Å². The van der Waals surface area contributed by atoms with Gasteiger partial charge in [0, 0.05) is 67.5 Å². The minimum atomic E-state index is -3.40. The van der Waals surface area contributed by atoms with Crippen LogP contribution in [0.15, 0.2) is 0 Å². The molecule has 4 heterocycles. The highest BCUT2D eigenvalue weighted by molar-refractivity contribution is 7.87. The zero-order valence-corrected chi connectivity index (χ0v) is 19.3. The maximum Gasteiger partial charge on any atom is 0.320 e. The Morgan fingerprint density at radius 3 is 2.22 bits per heavy atom. The van der Waals surface area contributed by atoms with E-state index in [-0.39, 0.29) is 22.4 Å². The maximum atomic E-state index is 12.9. The third-order valence-corrected chi connectivity index (χ3v) is 10.3. The van der Waals surface area contributed by atoms with Gasteiger partial charge in [-0.15, -0.1) is 0 Å². The standard InChI is InChI=1S/C21H31N7O3S/c1-19(4-5-19)25-32(30,31)28-12-21(13-28)10-27(11-21)18(29)26-8-20(9-26)6-15(7-20)17-22-16(23-24-17)14-2-3-14/h14-15,25H,2-13H2,1H3,(H,22,23,24). The van der Waals surface area contributed by atoms with Gasteiger partial charge >= 0.3 is 6.03 Å². The average Bonchev–Trinajstić information content (AvgIpc) is 3.50. The molecule has 32 heavy (non-hydrogen) atoms. The summed E-state index contributed by atoms with van der Waals surface area (Å²) in [5.41, 5.74) is -0.0248. The fraction of sp³-hybridized carbons (Fsp3) is 0.857. The Morgan fingerprint density at radius 1 is 1.00 bits per heavy atom. The van der Waals surface area contributed by atoms with Crippen molar-refractivity contribution in [3.05, 3.63) is 11.6 Å². The monoisotopic (exact) mass is 461 g/mol. The number of hydrogen-bond donors (Lipinski definition) is 2. The van der Waals surface area contributed by atoms with Gasteiger partial charge in [0.25, 0.3) is 10.2 Å². The van der Waals surface area contributed by atoms with Gasteiger partial charge in [-0.2, -0.15) is 22.5 Å². The summed E-state index contributed by atoms with van der Waals surface area (Å²) in [7, 11) is -3.40. The molecule has 11 heteroatoms. The number of urea groups is 1. The molecule has 3 saturated carbocycles. The zero-order valence-electron chi connectivity index (χ0n) is 18.5. The minimum absolute atomic E-state index is 0.0378. The van der Waals surface area contributed by atoms with Gasteiger partial charge < -0.3 is 9.80 Å². The highest BCUT2D eigenvalue weighted by atomic mass is 32.2. The van der Waals surface area contributed by atoms with Gasteiger partial charge in [-0.3, -0.25) is 5.10 Å². The van der Waals surface area contributed by atoms with Crippen molar-refractivity contribution in [3.63, 3.8) is 0 Å². The van der Waals surface area contributed by atoms with Crippen LogP contribution in [-0.4, -0.2) is 88.5 Å². The van der Waals surface area contributed by atoms with Crippen molar-refractivity contribution < 1.29 is 13.2 Å². The molecule has 0 unspecified atom stereocenters. The zero-order chi connectivity index (χ0) is 21.9. The summed E-state index contributed by atoms with van der Waals surface area (Å²) in [6.07, 6.45) is 6.41. The third-order valence-electron chi connectivity index (χ3n) is 8.59. The van der Waals surface area contributed by atoms with Gasteiger partial charge in [-0.05, 0) is 45.4 Å². The molecule has 1 aromatic heterocycles. The maximum absolute atomic E-state index is 12.9. The number of H-pyrrole nitrogens is 1. The molecule has 0 aromatic carbocycles. The number of aromatic amines is 1. The van der Waals surface area contributed by atoms with E-state index in [1.165, 1.54) is 17.1 Å². The molecule has 7 rings (SSSR count). The van der Waals surface area contributed by atoms with Gasteiger partial charge in [0.05, 0.1) is 0 Å². The fourth-order valence-electron chi connectivity index (χ4n) is 6.17. The SMILES string of the molecule is CC1(NS(=O)(=O)N2CC3(CN(C(=O)N4CC5(CC(c6n[nH]c(C7CC7)n6)C5)C4)C3)C2)CC1. The number of amides is 2. The van der Waals surface area contributed by atoms with Crippen LogP contribution in [0, 0.1) is 10.8 Å². The van der Waals surface area contributed by atoms with Crippen molar-refractivity contribution in [1.82, 2.24) is 34.0 Å². The molecular formula is C21H31N7O3S. The summed E-state index contributed by atoms with van der Waals surface area (Å²) in [6, 6.07) is 0.114. The summed E-state index contributed by atoms with van der Waals surface area (Å²) in [5, 5.41) is 7.54. The molecule has 0 atom stereocenters. The van der Waals surface area contributed by atoms with E-state index in [0.717, 1.165) is 50.4 Å². The molecule has 6 aliphatic rings. The van der Waals surface area contributed by atoms with E-state index in [2.05, 4.69) is 14.9 Å². The molecule has 2 amide bonds. The normalized spacial score (nSPS) is 29.9. The van der Waals surface area contributed by atoms with Gasteiger partial charge in [0.2, 0.25) is 0 Å². The van der Waals surface area contributed by atoms with E-state index in [0.29, 0.717) is 38.0 Å². The van der Waals surface area contributed by atoms with E-state index < -0.39 is 10.2 Å². The van der Waals surface area contributed by atoms with Crippen molar-refractivity contribution in [2.24, 2.45) is 10.8 Å². The number of likely N-dealkylation sites (tertiary alicyclic amines) is 2. The molecule has 2 N–H and O–H groups in total. The highest BCUT2D eigenvalue weighted by Gasteiger charge is 2.60. The molecule has 3 saturated heterocycles. The predicted octanol–water partition coefficient (Wildman–Crippen LogP) is 0.986. The van der Waals surface area contributed by atoms with Crippen molar-refractivity contribution in [2.45, 2.75) is 62.8 Å². The second kappa shape index (κ2) is 6.04. The molecule has 2 spiro atoms. The summed E-state index contributed by atoms with van der Waals surface area (Å²) >= 11 is 0. The lowest BCUT2D eigenvalue weighted by Crippen LogP contribution is -2.76. The van der Waals surface area contributed by atoms with Crippen molar-refractivity contribution in [2.75, 3.05) is 39.3 Å². The minimum Gasteiger partial charge on any atom is -0.323 e. The largest absolute Gasteiger partial charge is 0.323 e. The van der Waals surface area contributed by atoms with E-state index in [4.69, 9.17) is 4.98 Å². The molecule has 174 valence electrons. The lowest BCUT2D eigenvalue weighted by atomic mass is 9.57. The van der Waals surface area contributed by atoms with Crippen LogP contribution in [0.3, 0.4) is 0 Å². The molecule has 3 aliphatic heterocycles. The number of hydrogen-bond acceptors (Lipinski definition) is 5. The number of nitrogens with one attached hydrogen (secondary N) is 2. The van der Waals surface area contributed by atoms with Crippen LogP contribution in [0.4, 0.5) is 4.79 Å². The first-order valence-corrected chi connectivity index (χ1v) is 13.3. The van der Waals surface area contributed by atoms with Crippen LogP contribution in [0.1, 0.15) is 68.9 Å². The summed E-state index contributed by atoms with van der Waals surface area (Å²) < 4.78 is 29.3. The van der Waals surface area contributed by atoms with Crippen LogP contribution in [-0.2, 0) is 10.2 Å². The first-order chi connectivity index (χ1) is 15.2. The van der Waals surface area contributed by atoms with Crippen molar-refractivity contribution in [3.8, 4) is 0 Å². The topological polar surface area (TPSA) is 115 Å². The predicted molar refractivity (Wildman–Crippen MR) is 115 cm³/mol. The van der Waals surface area contributed by atoms with Crippen LogP contribution in [0.2, 0.25) is 0 Å². The molecule has 0 bridgehead atoms. The Bertz CT molecular complexity index is 1060. The molecule has 10 nitrogen and oxygen atoms in total. The van der Waals surface area contributed by atoms with E-state index in [1.807, 2.05) is 16.7 Å². The Balaban J connectivity index is 0.867. The summed E-state index contributed by atoms with van der Waals surface area (Å²) in [4.78, 5) is 21.4. The van der Waals surface area contributed by atoms with Crippen LogP contribution in [0.5, 0.6) is 0 Å². The van der Waals surface area contributed by atoms with E-state index >= 15 is 0 Å². The summed E-state index contributed by atoms with van der Waals surface area (Å²) in [5.74, 6) is 3.04. The van der Waals surface area contributed by atoms with E-state index in [9.17, 15) is 13.2 Å². The van der Waals surface area contributed by atoms with Gasteiger partial charge in [0.1, 0.15) is 5.82 Å². The molecule has 6 fully saturated rings. The highest BCUT2D eigenvalue weighted by Crippen LogP contribution is 2.56. The smallest absolute Gasteiger partial charge is 0.320 e. The lowest BCUT2D eigenvalue weighted by molar-refractivity contribution is -0.0932. The number of rotatable bonds is 5. The second-order valence-electron chi connectivity index (χ2n) is 11.9. The third kappa shape index (κ3) is 3.03. The Morgan fingerprint density at radius 2 is 1.62 bits per heavy atom. The average molecular weight is 462 g/mol. The van der Waals surface area contributed by atoms with Crippen LogP contribution in [0.25, 0.3) is 0 Å². The van der Waals surface area contributed by atoms with Gasteiger partial charge in [-0.1, -0.05) is 0 Å². The van der Waals surface area contributed by atoms with Crippen molar-refractivity contribution >= 4 is 16.2 Å².